The van der Waals surface area contributed by atoms with E-state index in [1.54, 1.807) is 6.33 Å². The molecule has 1 aromatic heterocycles. The smallest absolute Gasteiger partial charge is 0.144 e. The molecule has 0 radical (unpaired) electrons. The van der Waals surface area contributed by atoms with E-state index in [1.807, 2.05) is 6.92 Å². The van der Waals surface area contributed by atoms with Crippen LogP contribution >= 0.6 is 15.9 Å². The number of halogens is 1. The lowest BCUT2D eigenvalue weighted by atomic mass is 10.1. The number of nitrogens with one attached hydrogen (secondary N) is 1. The van der Waals surface area contributed by atoms with E-state index in [4.69, 9.17) is 4.74 Å². The SMILES string of the molecule is CCCc1ccc(OCCCCNc2ncnc(C)c2Br)c(C)c1. The van der Waals surface area contributed by atoms with Gasteiger partial charge in [0.15, 0.2) is 0 Å². The third-order valence-corrected chi connectivity index (χ3v) is 4.81. The van der Waals surface area contributed by atoms with Gasteiger partial charge in [-0.3, -0.25) is 0 Å². The molecule has 0 aliphatic carbocycles. The second-order valence-electron chi connectivity index (χ2n) is 5.95. The van der Waals surface area contributed by atoms with Crippen LogP contribution in [-0.2, 0) is 6.42 Å². The third-order valence-electron chi connectivity index (χ3n) is 3.86. The van der Waals surface area contributed by atoms with Gasteiger partial charge in [0, 0.05) is 6.54 Å². The van der Waals surface area contributed by atoms with E-state index in [9.17, 15) is 0 Å². The van der Waals surface area contributed by atoms with Crippen LogP contribution in [0.15, 0.2) is 29.0 Å². The fraction of sp³-hybridized carbons (Fsp3) is 0.474. The minimum atomic E-state index is 0.736. The molecule has 0 atom stereocenters. The molecule has 1 heterocycles. The number of unbranched alkanes of at least 4 members (excludes halogenated alkanes) is 1. The van der Waals surface area contributed by atoms with Crippen molar-refractivity contribution in [2.45, 2.75) is 46.5 Å². The Kier molecular flexibility index (Phi) is 7.50. The Bertz CT molecular complexity index is 661. The van der Waals surface area contributed by atoms with Gasteiger partial charge in [-0.05, 0) is 66.2 Å². The second-order valence-corrected chi connectivity index (χ2v) is 6.75. The Morgan fingerprint density at radius 1 is 1.17 bits per heavy atom. The van der Waals surface area contributed by atoms with Gasteiger partial charge in [-0.1, -0.05) is 25.5 Å². The molecule has 0 saturated heterocycles. The maximum absolute atomic E-state index is 5.90. The van der Waals surface area contributed by atoms with Crippen LogP contribution in [0.25, 0.3) is 0 Å². The first kappa shape index (κ1) is 18.7. The Morgan fingerprint density at radius 3 is 2.75 bits per heavy atom. The van der Waals surface area contributed by atoms with E-state index < -0.39 is 0 Å². The third kappa shape index (κ3) is 5.48. The van der Waals surface area contributed by atoms with E-state index >= 15 is 0 Å². The Labute approximate surface area is 153 Å². The molecule has 1 N–H and O–H groups in total. The standard InChI is InChI=1S/C19H26BrN3O/c1-4-7-16-8-9-17(14(2)12-16)24-11-6-5-10-21-19-18(20)15(3)22-13-23-19/h8-9,12-13H,4-7,10-11H2,1-3H3,(H,21,22,23). The monoisotopic (exact) mass is 391 g/mol. The van der Waals surface area contributed by atoms with E-state index in [-0.39, 0.29) is 0 Å². The number of aryl methyl sites for hydroxylation is 3. The van der Waals surface area contributed by atoms with Gasteiger partial charge < -0.3 is 10.1 Å². The number of hydrogen-bond donors (Lipinski definition) is 1. The Balaban J connectivity index is 1.69. The van der Waals surface area contributed by atoms with E-state index in [0.29, 0.717) is 0 Å². The first-order valence-electron chi connectivity index (χ1n) is 8.55. The molecule has 0 spiro atoms. The van der Waals surface area contributed by atoms with Crippen molar-refractivity contribution in [3.63, 3.8) is 0 Å². The first-order chi connectivity index (χ1) is 11.6. The van der Waals surface area contributed by atoms with Crippen molar-refractivity contribution in [2.24, 2.45) is 0 Å². The van der Waals surface area contributed by atoms with Gasteiger partial charge in [-0.2, -0.15) is 0 Å². The van der Waals surface area contributed by atoms with Crippen molar-refractivity contribution in [1.29, 1.82) is 0 Å². The van der Waals surface area contributed by atoms with E-state index in [1.165, 1.54) is 17.5 Å². The van der Waals surface area contributed by atoms with Crippen LogP contribution in [0.1, 0.15) is 43.0 Å². The van der Waals surface area contributed by atoms with Gasteiger partial charge in [0.05, 0.1) is 16.8 Å². The molecule has 1 aromatic carbocycles. The zero-order chi connectivity index (χ0) is 17.4. The molecular formula is C19H26BrN3O. The Morgan fingerprint density at radius 2 is 2.00 bits per heavy atom. The molecule has 24 heavy (non-hydrogen) atoms. The molecule has 0 saturated carbocycles. The van der Waals surface area contributed by atoms with Crippen LogP contribution in [-0.4, -0.2) is 23.1 Å². The molecule has 5 heteroatoms. The topological polar surface area (TPSA) is 47.0 Å². The van der Waals surface area contributed by atoms with E-state index in [2.05, 4.69) is 63.3 Å². The number of aromatic nitrogens is 2. The van der Waals surface area contributed by atoms with Crippen LogP contribution in [0.4, 0.5) is 5.82 Å². The highest BCUT2D eigenvalue weighted by Crippen LogP contribution is 2.22. The van der Waals surface area contributed by atoms with Crippen LogP contribution in [0.2, 0.25) is 0 Å². The van der Waals surface area contributed by atoms with Gasteiger partial charge in [-0.25, -0.2) is 9.97 Å². The predicted octanol–water partition coefficient (Wildman–Crippen LogP) is 5.08. The molecular weight excluding hydrogens is 366 g/mol. The summed E-state index contributed by atoms with van der Waals surface area (Å²) in [5, 5.41) is 3.33. The molecule has 0 amide bonds. The molecule has 0 aliphatic heterocycles. The fourth-order valence-electron chi connectivity index (χ4n) is 2.51. The van der Waals surface area contributed by atoms with E-state index in [0.717, 1.165) is 54.1 Å². The molecule has 130 valence electrons. The van der Waals surface area contributed by atoms with Crippen LogP contribution in [0, 0.1) is 13.8 Å². The average molecular weight is 392 g/mol. The molecule has 2 rings (SSSR count). The number of nitrogens with zero attached hydrogens (tertiary/aromatic N) is 2. The second kappa shape index (κ2) is 9.62. The summed E-state index contributed by atoms with van der Waals surface area (Å²) in [6.07, 6.45) is 5.92. The molecule has 0 bridgehead atoms. The largest absolute Gasteiger partial charge is 0.493 e. The van der Waals surface area contributed by atoms with Crippen molar-refractivity contribution in [1.82, 2.24) is 9.97 Å². The number of anilines is 1. The number of rotatable bonds is 9. The number of benzene rings is 1. The van der Waals surface area contributed by atoms with Gasteiger partial charge in [0.25, 0.3) is 0 Å². The summed E-state index contributed by atoms with van der Waals surface area (Å²) in [4.78, 5) is 8.38. The zero-order valence-corrected chi connectivity index (χ0v) is 16.3. The summed E-state index contributed by atoms with van der Waals surface area (Å²) >= 11 is 3.51. The first-order valence-corrected chi connectivity index (χ1v) is 9.34. The predicted molar refractivity (Wildman–Crippen MR) is 103 cm³/mol. The molecule has 2 aromatic rings. The zero-order valence-electron chi connectivity index (χ0n) is 14.7. The lowest BCUT2D eigenvalue weighted by Gasteiger charge is -2.11. The van der Waals surface area contributed by atoms with Gasteiger partial charge in [-0.15, -0.1) is 0 Å². The van der Waals surface area contributed by atoms with Crippen molar-refractivity contribution < 1.29 is 4.74 Å². The summed E-state index contributed by atoms with van der Waals surface area (Å²) in [6.45, 7) is 7.88. The maximum Gasteiger partial charge on any atom is 0.144 e. The lowest BCUT2D eigenvalue weighted by molar-refractivity contribution is 0.306. The lowest BCUT2D eigenvalue weighted by Crippen LogP contribution is -2.07. The number of ether oxygens (including phenoxy) is 1. The van der Waals surface area contributed by atoms with Gasteiger partial charge >= 0.3 is 0 Å². The summed E-state index contributed by atoms with van der Waals surface area (Å²) in [7, 11) is 0. The van der Waals surface area contributed by atoms with Crippen molar-refractivity contribution in [3.05, 3.63) is 45.8 Å². The summed E-state index contributed by atoms with van der Waals surface area (Å²) < 4.78 is 6.84. The summed E-state index contributed by atoms with van der Waals surface area (Å²) in [6, 6.07) is 6.50. The molecule has 0 fully saturated rings. The van der Waals surface area contributed by atoms with Crippen LogP contribution in [0.5, 0.6) is 5.75 Å². The summed E-state index contributed by atoms with van der Waals surface area (Å²) in [5.41, 5.74) is 3.55. The normalized spacial score (nSPS) is 10.7. The number of hydrogen-bond acceptors (Lipinski definition) is 4. The fourth-order valence-corrected chi connectivity index (χ4v) is 2.86. The molecule has 4 nitrogen and oxygen atoms in total. The molecule has 0 aliphatic rings. The summed E-state index contributed by atoms with van der Waals surface area (Å²) in [5.74, 6) is 1.85. The highest BCUT2D eigenvalue weighted by Gasteiger charge is 2.04. The van der Waals surface area contributed by atoms with Crippen LogP contribution in [0.3, 0.4) is 0 Å². The average Bonchev–Trinajstić information content (AvgIpc) is 2.56. The van der Waals surface area contributed by atoms with Crippen molar-refractivity contribution in [2.75, 3.05) is 18.5 Å². The van der Waals surface area contributed by atoms with Crippen LogP contribution < -0.4 is 10.1 Å². The highest BCUT2D eigenvalue weighted by atomic mass is 79.9. The maximum atomic E-state index is 5.90. The quantitative estimate of drug-likeness (QED) is 0.605. The Hall–Kier alpha value is -1.62. The van der Waals surface area contributed by atoms with Gasteiger partial charge in [0.1, 0.15) is 17.9 Å². The highest BCUT2D eigenvalue weighted by molar-refractivity contribution is 9.10. The van der Waals surface area contributed by atoms with Crippen molar-refractivity contribution >= 4 is 21.7 Å². The van der Waals surface area contributed by atoms with Crippen molar-refractivity contribution in [3.8, 4) is 5.75 Å². The van der Waals surface area contributed by atoms with Gasteiger partial charge in [0.2, 0.25) is 0 Å². The molecule has 0 unspecified atom stereocenters. The minimum Gasteiger partial charge on any atom is -0.493 e. The minimum absolute atomic E-state index is 0.736.